The second kappa shape index (κ2) is 11.3. The number of aromatic nitrogens is 4. The van der Waals surface area contributed by atoms with Crippen molar-refractivity contribution in [3.05, 3.63) is 23.6 Å². The number of nitrogen functional groups attached to an aromatic ring is 1. The average molecular weight is 520 g/mol. The molecule has 4 N–H and O–H groups in total. The molecule has 0 spiro atoms. The van der Waals surface area contributed by atoms with Gasteiger partial charge in [0, 0.05) is 5.41 Å². The lowest BCUT2D eigenvalue weighted by Crippen LogP contribution is -2.38. The standard InChI is InChI=1S/C17H27ClN5O6PSi2/c1-10(7-27-9-30(24,25)26)11(6-17(2,3)15(28-31-4)29-32-5)23-8-20-12-13(18)21-16(19)22-14(12)23/h8,11,15H,1,6-7,9H2,2-5H3,(H2,19,21,22)(H2,24,25,26). The van der Waals surface area contributed by atoms with Crippen LogP contribution in [-0.2, 0) is 18.2 Å². The van der Waals surface area contributed by atoms with Gasteiger partial charge in [0.15, 0.2) is 10.8 Å². The summed E-state index contributed by atoms with van der Waals surface area (Å²) in [7, 11) is -3.85. The third-order valence-corrected chi connectivity index (χ3v) is 6.24. The van der Waals surface area contributed by atoms with E-state index in [0.29, 0.717) is 23.2 Å². The van der Waals surface area contributed by atoms with Crippen LogP contribution in [0.4, 0.5) is 5.95 Å². The maximum Gasteiger partial charge on any atom is 0.350 e. The number of hydrogen-bond donors (Lipinski definition) is 3. The molecule has 0 amide bonds. The Hall–Kier alpha value is -1.16. The molecule has 0 aliphatic carbocycles. The number of anilines is 1. The van der Waals surface area contributed by atoms with Gasteiger partial charge in [0.25, 0.3) is 0 Å². The smallest absolute Gasteiger partial charge is 0.350 e. The first-order valence-electron chi connectivity index (χ1n) is 9.50. The lowest BCUT2D eigenvalue weighted by molar-refractivity contribution is -0.0858. The van der Waals surface area contributed by atoms with Gasteiger partial charge in [0.2, 0.25) is 25.5 Å². The van der Waals surface area contributed by atoms with E-state index in [2.05, 4.69) is 21.5 Å². The molecule has 2 aromatic heterocycles. The van der Waals surface area contributed by atoms with E-state index in [9.17, 15) is 4.57 Å². The number of nitrogens with two attached hydrogens (primary N) is 1. The summed E-state index contributed by atoms with van der Waals surface area (Å²) in [4.78, 5) is 30.7. The van der Waals surface area contributed by atoms with E-state index >= 15 is 0 Å². The Morgan fingerprint density at radius 3 is 2.53 bits per heavy atom. The van der Waals surface area contributed by atoms with Crippen LogP contribution in [0.5, 0.6) is 0 Å². The Labute approximate surface area is 196 Å². The highest BCUT2D eigenvalue weighted by atomic mass is 35.5. The molecule has 2 heterocycles. The summed E-state index contributed by atoms with van der Waals surface area (Å²) in [6.07, 6.45) is 0.840. The van der Waals surface area contributed by atoms with Crippen molar-refractivity contribution in [2.24, 2.45) is 5.41 Å². The summed E-state index contributed by atoms with van der Waals surface area (Å²) in [5.74, 6) is -0.00506. The summed E-state index contributed by atoms with van der Waals surface area (Å²) in [6, 6.07) is -0.438. The highest BCUT2D eigenvalue weighted by molar-refractivity contribution is 7.51. The van der Waals surface area contributed by atoms with Gasteiger partial charge < -0.3 is 33.7 Å². The van der Waals surface area contributed by atoms with Crippen LogP contribution in [0.25, 0.3) is 11.2 Å². The Balaban J connectivity index is 2.44. The van der Waals surface area contributed by atoms with Crippen molar-refractivity contribution in [1.82, 2.24) is 19.5 Å². The SMILES string of the molecule is C=C(COCP(=O)(O)O)C(CC(C)(C)C(O[Si]C)O[Si]C)n1cnc2c(Cl)nc(N)nc21. The number of rotatable bonds is 13. The molecule has 0 aliphatic rings. The maximum absolute atomic E-state index is 11.2. The van der Waals surface area contributed by atoms with Crippen molar-refractivity contribution >= 4 is 55.8 Å². The minimum Gasteiger partial charge on any atom is -0.394 e. The summed E-state index contributed by atoms with van der Waals surface area (Å²) >= 11 is 6.18. The molecule has 11 nitrogen and oxygen atoms in total. The van der Waals surface area contributed by atoms with Crippen LogP contribution in [0.2, 0.25) is 18.2 Å². The van der Waals surface area contributed by atoms with Crippen LogP contribution in [-0.4, -0.2) is 68.1 Å². The van der Waals surface area contributed by atoms with E-state index in [1.54, 1.807) is 10.9 Å². The van der Waals surface area contributed by atoms with Crippen molar-refractivity contribution in [2.75, 3.05) is 18.7 Å². The molecular weight excluding hydrogens is 493 g/mol. The fourth-order valence-corrected chi connectivity index (χ4v) is 4.92. The zero-order chi connectivity index (χ0) is 24.1. The zero-order valence-corrected chi connectivity index (χ0v) is 21.9. The maximum atomic E-state index is 11.2. The Morgan fingerprint density at radius 2 is 1.97 bits per heavy atom. The van der Waals surface area contributed by atoms with Gasteiger partial charge in [0.05, 0.1) is 19.0 Å². The Bertz CT molecular complexity index is 982. The lowest BCUT2D eigenvalue weighted by atomic mass is 9.83. The van der Waals surface area contributed by atoms with Crippen LogP contribution in [0.3, 0.4) is 0 Å². The quantitative estimate of drug-likeness (QED) is 0.118. The Morgan fingerprint density at radius 1 is 1.34 bits per heavy atom. The number of nitrogens with zero attached hydrogens (tertiary/aromatic N) is 4. The first-order valence-corrected chi connectivity index (χ1v) is 14.5. The minimum absolute atomic E-state index is 0.00506. The number of halogens is 1. The van der Waals surface area contributed by atoms with Crippen molar-refractivity contribution in [3.63, 3.8) is 0 Å². The molecule has 0 bridgehead atoms. The number of fused-ring (bicyclic) bond motifs is 1. The molecule has 176 valence electrons. The minimum atomic E-state index is -4.31. The van der Waals surface area contributed by atoms with Crippen LogP contribution in [0.15, 0.2) is 18.5 Å². The van der Waals surface area contributed by atoms with Gasteiger partial charge >= 0.3 is 7.60 Å². The van der Waals surface area contributed by atoms with Crippen LogP contribution >= 0.6 is 19.2 Å². The molecule has 0 aliphatic heterocycles. The van der Waals surface area contributed by atoms with E-state index in [4.69, 9.17) is 40.7 Å². The third kappa shape index (κ3) is 7.17. The molecule has 0 saturated carbocycles. The van der Waals surface area contributed by atoms with E-state index in [1.165, 1.54) is 0 Å². The van der Waals surface area contributed by atoms with Gasteiger partial charge in [-0.1, -0.05) is 32.0 Å². The summed E-state index contributed by atoms with van der Waals surface area (Å²) in [5, 5.41) is 0.122. The topological polar surface area (TPSA) is 155 Å². The van der Waals surface area contributed by atoms with Gasteiger partial charge in [-0.25, -0.2) is 4.98 Å². The molecule has 32 heavy (non-hydrogen) atoms. The summed E-state index contributed by atoms with van der Waals surface area (Å²) in [6.45, 7) is 11.9. The zero-order valence-electron chi connectivity index (χ0n) is 18.3. The van der Waals surface area contributed by atoms with Crippen molar-refractivity contribution in [3.8, 4) is 0 Å². The van der Waals surface area contributed by atoms with Gasteiger partial charge in [-0.05, 0) is 25.1 Å². The molecule has 1 unspecified atom stereocenters. The van der Waals surface area contributed by atoms with Gasteiger partial charge in [0.1, 0.15) is 18.2 Å². The van der Waals surface area contributed by atoms with Crippen molar-refractivity contribution in [1.29, 1.82) is 0 Å². The van der Waals surface area contributed by atoms with Gasteiger partial charge in [-0.3, -0.25) is 4.57 Å². The number of imidazole rings is 1. The van der Waals surface area contributed by atoms with Gasteiger partial charge in [-0.15, -0.1) is 0 Å². The third-order valence-electron chi connectivity index (χ3n) is 4.56. The second-order valence-corrected chi connectivity index (χ2v) is 10.9. The first-order chi connectivity index (χ1) is 14.9. The normalized spacial score (nSPS) is 13.8. The van der Waals surface area contributed by atoms with Crippen molar-refractivity contribution in [2.45, 2.75) is 45.7 Å². The monoisotopic (exact) mass is 519 g/mol. The fourth-order valence-electron chi connectivity index (χ4n) is 3.11. The first kappa shape index (κ1) is 27.1. The second-order valence-electron chi connectivity index (χ2n) is 7.68. The Kier molecular flexibility index (Phi) is 9.58. The van der Waals surface area contributed by atoms with E-state index in [-0.39, 0.29) is 37.2 Å². The predicted octanol–water partition coefficient (Wildman–Crippen LogP) is 2.42. The molecule has 2 aromatic rings. The lowest BCUT2D eigenvalue weighted by Gasteiger charge is -2.37. The van der Waals surface area contributed by atoms with E-state index in [0.717, 1.165) is 0 Å². The molecule has 2 rings (SSSR count). The molecule has 0 fully saturated rings. The largest absolute Gasteiger partial charge is 0.394 e. The van der Waals surface area contributed by atoms with Gasteiger partial charge in [-0.2, -0.15) is 9.97 Å². The summed E-state index contributed by atoms with van der Waals surface area (Å²) in [5.41, 5.74) is 6.65. The number of hydrogen-bond acceptors (Lipinski definition) is 8. The van der Waals surface area contributed by atoms with Crippen LogP contribution in [0.1, 0.15) is 26.3 Å². The molecule has 0 saturated heterocycles. The highest BCUT2D eigenvalue weighted by Gasteiger charge is 2.35. The summed E-state index contributed by atoms with van der Waals surface area (Å²) < 4.78 is 29.9. The molecule has 15 heteroatoms. The molecule has 4 radical (unpaired) electrons. The molecule has 0 aromatic carbocycles. The van der Waals surface area contributed by atoms with Crippen molar-refractivity contribution < 1.29 is 27.9 Å². The number of ether oxygens (including phenoxy) is 1. The van der Waals surface area contributed by atoms with E-state index < -0.39 is 31.7 Å². The predicted molar refractivity (Wildman–Crippen MR) is 123 cm³/mol. The van der Waals surface area contributed by atoms with E-state index in [1.807, 2.05) is 26.9 Å². The van der Waals surface area contributed by atoms with Crippen LogP contribution in [0, 0.1) is 5.41 Å². The molecular formula is C17H27ClN5O6PSi2. The van der Waals surface area contributed by atoms with Crippen LogP contribution < -0.4 is 5.73 Å². The highest BCUT2D eigenvalue weighted by Crippen LogP contribution is 2.39. The fraction of sp³-hybridized carbons (Fsp3) is 0.588. The molecule has 1 atom stereocenters. The average Bonchev–Trinajstić information content (AvgIpc) is 3.08.